The van der Waals surface area contributed by atoms with Gasteiger partial charge in [0.25, 0.3) is 0 Å². The Morgan fingerprint density at radius 1 is 1.18 bits per heavy atom. The average Bonchev–Trinajstić information content (AvgIpc) is 2.93. The Morgan fingerprint density at radius 2 is 1.82 bits per heavy atom. The molecule has 1 aromatic carbocycles. The van der Waals surface area contributed by atoms with E-state index in [4.69, 9.17) is 9.47 Å². The maximum Gasteiger partial charge on any atom is 0.250 e. The number of hydrogen-bond donors (Lipinski definition) is 1. The summed E-state index contributed by atoms with van der Waals surface area (Å²) >= 11 is 4.42. The molecule has 0 aliphatic carbocycles. The van der Waals surface area contributed by atoms with Crippen molar-refractivity contribution >= 4 is 37.3 Å². The third-order valence-corrected chi connectivity index (χ3v) is 6.43. The molecule has 8 heteroatoms. The predicted octanol–water partition coefficient (Wildman–Crippen LogP) is 3.27. The maximum atomic E-state index is 12.2. The molecule has 0 radical (unpaired) electrons. The molecule has 0 spiro atoms. The lowest BCUT2D eigenvalue weighted by Gasteiger charge is -2.14. The molecule has 0 saturated carbocycles. The van der Waals surface area contributed by atoms with Crippen LogP contribution < -0.4 is 14.2 Å². The van der Waals surface area contributed by atoms with Crippen molar-refractivity contribution in [3.63, 3.8) is 0 Å². The topological polar surface area (TPSA) is 64.6 Å². The van der Waals surface area contributed by atoms with Gasteiger partial charge in [0.1, 0.15) is 22.3 Å². The Morgan fingerprint density at radius 3 is 2.36 bits per heavy atom. The van der Waals surface area contributed by atoms with Crippen molar-refractivity contribution < 1.29 is 17.9 Å². The van der Waals surface area contributed by atoms with Crippen LogP contribution in [0.4, 0.5) is 0 Å². The highest BCUT2D eigenvalue weighted by atomic mass is 79.9. The Kier molecular flexibility index (Phi) is 5.85. The smallest absolute Gasteiger partial charge is 0.250 e. The minimum Gasteiger partial charge on any atom is -0.497 e. The highest BCUT2D eigenvalue weighted by molar-refractivity contribution is 9.11. The van der Waals surface area contributed by atoms with Gasteiger partial charge in [0.2, 0.25) is 10.0 Å². The van der Waals surface area contributed by atoms with Crippen molar-refractivity contribution in [3.05, 3.63) is 40.2 Å². The fourth-order valence-electron chi connectivity index (χ4n) is 1.69. The molecule has 2 aromatic rings. The summed E-state index contributed by atoms with van der Waals surface area (Å²) in [6, 6.07) is 10.0. The third-order valence-electron chi connectivity index (χ3n) is 2.73. The number of thiophene rings is 1. The minimum atomic E-state index is -3.52. The second-order valence-electron chi connectivity index (χ2n) is 4.57. The van der Waals surface area contributed by atoms with Gasteiger partial charge in [-0.25, -0.2) is 13.1 Å². The second-order valence-corrected chi connectivity index (χ2v) is 8.97. The van der Waals surface area contributed by atoms with Gasteiger partial charge >= 0.3 is 0 Å². The zero-order valence-electron chi connectivity index (χ0n) is 12.1. The van der Waals surface area contributed by atoms with Crippen molar-refractivity contribution in [2.45, 2.75) is 17.2 Å². The van der Waals surface area contributed by atoms with Gasteiger partial charge < -0.3 is 9.47 Å². The predicted molar refractivity (Wildman–Crippen MR) is 90.3 cm³/mol. The van der Waals surface area contributed by atoms with Crippen molar-refractivity contribution in [1.82, 2.24) is 4.72 Å². The second kappa shape index (κ2) is 7.45. The summed E-state index contributed by atoms with van der Waals surface area (Å²) in [5.74, 6) is 1.40. The number of benzene rings is 1. The van der Waals surface area contributed by atoms with Gasteiger partial charge in [0.05, 0.1) is 16.9 Å². The summed E-state index contributed by atoms with van der Waals surface area (Å²) in [6.45, 7) is 1.99. The first kappa shape index (κ1) is 17.3. The van der Waals surface area contributed by atoms with E-state index in [-0.39, 0.29) is 16.9 Å². The van der Waals surface area contributed by atoms with Crippen LogP contribution in [0, 0.1) is 0 Å². The number of ether oxygens (including phenoxy) is 2. The number of nitrogens with one attached hydrogen (secondary N) is 1. The number of sulfonamides is 1. The van der Waals surface area contributed by atoms with Crippen molar-refractivity contribution in [2.24, 2.45) is 0 Å². The molecule has 0 aliphatic rings. The van der Waals surface area contributed by atoms with Crippen LogP contribution in [0.2, 0.25) is 0 Å². The molecule has 0 amide bonds. The highest BCUT2D eigenvalue weighted by Gasteiger charge is 2.19. The Balaban J connectivity index is 1.90. The normalized spacial score (nSPS) is 12.9. The lowest BCUT2D eigenvalue weighted by Crippen LogP contribution is -2.36. The lowest BCUT2D eigenvalue weighted by molar-refractivity contribution is 0.287. The van der Waals surface area contributed by atoms with Crippen LogP contribution in [0.15, 0.2) is 44.4 Å². The maximum absolute atomic E-state index is 12.2. The van der Waals surface area contributed by atoms with Gasteiger partial charge in [-0.15, -0.1) is 11.3 Å². The number of methoxy groups -OCH3 is 1. The molecule has 0 bridgehead atoms. The highest BCUT2D eigenvalue weighted by Crippen LogP contribution is 2.26. The van der Waals surface area contributed by atoms with E-state index in [1.165, 1.54) is 11.3 Å². The lowest BCUT2D eigenvalue weighted by atomic mass is 10.3. The zero-order valence-corrected chi connectivity index (χ0v) is 15.3. The summed E-state index contributed by atoms with van der Waals surface area (Å²) in [5.41, 5.74) is 0. The van der Waals surface area contributed by atoms with E-state index < -0.39 is 10.0 Å². The average molecular weight is 406 g/mol. The molecular formula is C14H16BrNO4S2. The third kappa shape index (κ3) is 4.70. The number of rotatable bonds is 7. The van der Waals surface area contributed by atoms with Crippen LogP contribution in [0.3, 0.4) is 0 Å². The molecular weight excluding hydrogens is 390 g/mol. The number of halogens is 1. The first-order valence-electron chi connectivity index (χ1n) is 6.45. The summed E-state index contributed by atoms with van der Waals surface area (Å²) in [7, 11) is -1.92. The number of hydrogen-bond acceptors (Lipinski definition) is 5. The summed E-state index contributed by atoms with van der Waals surface area (Å²) in [6.07, 6.45) is 0. The van der Waals surface area contributed by atoms with Crippen LogP contribution in [0.25, 0.3) is 0 Å². The fraction of sp³-hybridized carbons (Fsp3) is 0.286. The van der Waals surface area contributed by atoms with Crippen molar-refractivity contribution in [1.29, 1.82) is 0 Å². The van der Waals surface area contributed by atoms with Crippen LogP contribution in [-0.2, 0) is 10.0 Å². The van der Waals surface area contributed by atoms with Gasteiger partial charge in [-0.3, -0.25) is 0 Å². The fourth-order valence-corrected chi connectivity index (χ4v) is 4.95. The van der Waals surface area contributed by atoms with E-state index >= 15 is 0 Å². The summed E-state index contributed by atoms with van der Waals surface area (Å²) in [5, 5.41) is 0. The van der Waals surface area contributed by atoms with E-state index in [9.17, 15) is 8.42 Å². The van der Waals surface area contributed by atoms with Crippen LogP contribution in [0.5, 0.6) is 11.5 Å². The van der Waals surface area contributed by atoms with E-state index in [2.05, 4.69) is 20.7 Å². The van der Waals surface area contributed by atoms with E-state index in [1.807, 2.05) is 0 Å². The molecule has 22 heavy (non-hydrogen) atoms. The molecule has 0 fully saturated rings. The van der Waals surface area contributed by atoms with Crippen LogP contribution >= 0.6 is 27.3 Å². The Hall–Kier alpha value is -1.09. The van der Waals surface area contributed by atoms with E-state index in [0.717, 1.165) is 9.54 Å². The monoisotopic (exact) mass is 405 g/mol. The Bertz CT molecular complexity index is 713. The van der Waals surface area contributed by atoms with Gasteiger partial charge in [0, 0.05) is 0 Å². The molecule has 1 aromatic heterocycles. The van der Waals surface area contributed by atoms with E-state index in [0.29, 0.717) is 5.75 Å². The quantitative estimate of drug-likeness (QED) is 0.767. The molecule has 1 atom stereocenters. The van der Waals surface area contributed by atoms with Crippen molar-refractivity contribution in [2.75, 3.05) is 13.7 Å². The first-order valence-corrected chi connectivity index (χ1v) is 9.54. The van der Waals surface area contributed by atoms with Gasteiger partial charge in [-0.05, 0) is 59.3 Å². The molecule has 0 unspecified atom stereocenters. The summed E-state index contributed by atoms with van der Waals surface area (Å²) in [4.78, 5) is 0. The molecule has 5 nitrogen and oxygen atoms in total. The molecule has 2 rings (SSSR count). The first-order chi connectivity index (χ1) is 10.4. The SMILES string of the molecule is COc1ccc(OC[C@H](C)NS(=O)(=O)c2ccc(Br)s2)cc1. The Labute approximate surface area is 142 Å². The molecule has 1 N–H and O–H groups in total. The van der Waals surface area contributed by atoms with Gasteiger partial charge in [-0.1, -0.05) is 0 Å². The molecule has 120 valence electrons. The van der Waals surface area contributed by atoms with E-state index in [1.54, 1.807) is 50.4 Å². The molecule has 0 saturated heterocycles. The summed E-state index contributed by atoms with van der Waals surface area (Å²) < 4.78 is 38.6. The molecule has 0 aliphatic heterocycles. The van der Waals surface area contributed by atoms with Crippen LogP contribution in [-0.4, -0.2) is 28.2 Å². The largest absolute Gasteiger partial charge is 0.497 e. The van der Waals surface area contributed by atoms with Crippen LogP contribution in [0.1, 0.15) is 6.92 Å². The van der Waals surface area contributed by atoms with Gasteiger partial charge in [0.15, 0.2) is 0 Å². The van der Waals surface area contributed by atoms with Gasteiger partial charge in [-0.2, -0.15) is 0 Å². The van der Waals surface area contributed by atoms with Crippen molar-refractivity contribution in [3.8, 4) is 11.5 Å². The molecule has 1 heterocycles. The zero-order chi connectivity index (χ0) is 16.2. The minimum absolute atomic E-state index is 0.234. The standard InChI is InChI=1S/C14H16BrNO4S2/c1-10(9-20-12-5-3-11(19-2)4-6-12)16-22(17,18)14-8-7-13(15)21-14/h3-8,10,16H,9H2,1-2H3/t10-/m0/s1.